The molecule has 2 rings (SSSR count). The number of hydrogen-bond acceptors (Lipinski definition) is 5. The zero-order valence-corrected chi connectivity index (χ0v) is 14.1. The number of aryl methyl sites for hydroxylation is 1. The molecule has 0 saturated heterocycles. The second-order valence-electron chi connectivity index (χ2n) is 4.14. The molecule has 0 spiro atoms. The maximum atomic E-state index is 11.7. The Morgan fingerprint density at radius 1 is 1.29 bits per heavy atom. The number of rotatable bonds is 5. The Morgan fingerprint density at radius 2 is 2.00 bits per heavy atom. The summed E-state index contributed by atoms with van der Waals surface area (Å²) >= 11 is 15.0. The lowest BCUT2D eigenvalue weighted by atomic mass is 10.4. The fourth-order valence-corrected chi connectivity index (χ4v) is 2.50. The number of hydrogen-bond donors (Lipinski definition) is 2. The topological polar surface area (TPSA) is 71.8 Å². The van der Waals surface area contributed by atoms with E-state index in [-0.39, 0.29) is 5.56 Å². The molecule has 112 valence electrons. The highest BCUT2D eigenvalue weighted by Gasteiger charge is 2.06. The molecule has 0 aliphatic carbocycles. The van der Waals surface area contributed by atoms with Crippen LogP contribution in [0.5, 0.6) is 0 Å². The van der Waals surface area contributed by atoms with Crippen molar-refractivity contribution in [3.8, 4) is 0 Å². The molecule has 0 radical (unpaired) electrons. The quantitative estimate of drug-likeness (QED) is 0.765. The molecule has 0 aromatic carbocycles. The first kappa shape index (κ1) is 16.1. The molecule has 2 N–H and O–H groups in total. The third-order valence-corrected chi connectivity index (χ3v) is 3.88. The molecule has 21 heavy (non-hydrogen) atoms. The highest BCUT2D eigenvalue weighted by molar-refractivity contribution is 9.10. The fraction of sp³-hybridized carbons (Fsp3) is 0.250. The van der Waals surface area contributed by atoms with E-state index in [0.717, 1.165) is 0 Å². The standard InChI is InChI=1S/C12H12BrCl2N5O/c1-20-12(21)10(13)9(6-19-20)16-2-3-17-11-8(15)4-7(14)5-18-11/h4-6,16H,2-3H2,1H3,(H,17,18). The predicted octanol–water partition coefficient (Wildman–Crippen LogP) is 2.77. The van der Waals surface area contributed by atoms with Crippen molar-refractivity contribution in [1.29, 1.82) is 0 Å². The van der Waals surface area contributed by atoms with Crippen LogP contribution in [0.2, 0.25) is 10.0 Å². The van der Waals surface area contributed by atoms with Crippen LogP contribution in [0.3, 0.4) is 0 Å². The lowest BCUT2D eigenvalue weighted by molar-refractivity contribution is 0.703. The van der Waals surface area contributed by atoms with Gasteiger partial charge in [0, 0.05) is 26.3 Å². The van der Waals surface area contributed by atoms with E-state index in [9.17, 15) is 4.79 Å². The van der Waals surface area contributed by atoms with Gasteiger partial charge in [-0.1, -0.05) is 23.2 Å². The molecule has 0 amide bonds. The number of nitrogens with one attached hydrogen (secondary N) is 2. The molecular weight excluding hydrogens is 381 g/mol. The molecule has 0 aliphatic rings. The summed E-state index contributed by atoms with van der Waals surface area (Å²) in [6, 6.07) is 1.62. The summed E-state index contributed by atoms with van der Waals surface area (Å²) in [7, 11) is 1.59. The summed E-state index contributed by atoms with van der Waals surface area (Å²) in [6.45, 7) is 1.13. The molecule has 9 heteroatoms. The molecule has 2 aromatic heterocycles. The van der Waals surface area contributed by atoms with Gasteiger partial charge >= 0.3 is 0 Å². The molecule has 6 nitrogen and oxygen atoms in total. The van der Waals surface area contributed by atoms with E-state index in [2.05, 4.69) is 36.6 Å². The van der Waals surface area contributed by atoms with Crippen LogP contribution in [0.15, 0.2) is 27.7 Å². The van der Waals surface area contributed by atoms with Crippen molar-refractivity contribution in [2.45, 2.75) is 0 Å². The van der Waals surface area contributed by atoms with Crippen molar-refractivity contribution < 1.29 is 0 Å². The maximum Gasteiger partial charge on any atom is 0.282 e. The minimum absolute atomic E-state index is 0.199. The summed E-state index contributed by atoms with van der Waals surface area (Å²) in [6.07, 6.45) is 3.10. The van der Waals surface area contributed by atoms with E-state index >= 15 is 0 Å². The number of pyridine rings is 1. The number of aromatic nitrogens is 3. The molecule has 0 atom stereocenters. The number of anilines is 2. The Labute approximate surface area is 139 Å². The highest BCUT2D eigenvalue weighted by atomic mass is 79.9. The van der Waals surface area contributed by atoms with Crippen molar-refractivity contribution >= 4 is 50.6 Å². The average molecular weight is 393 g/mol. The maximum absolute atomic E-state index is 11.7. The van der Waals surface area contributed by atoms with Crippen LogP contribution in [0.1, 0.15) is 0 Å². The van der Waals surface area contributed by atoms with E-state index in [1.54, 1.807) is 19.3 Å². The van der Waals surface area contributed by atoms with Gasteiger partial charge in [0.2, 0.25) is 0 Å². The van der Waals surface area contributed by atoms with Gasteiger partial charge in [0.1, 0.15) is 10.3 Å². The monoisotopic (exact) mass is 391 g/mol. The molecule has 2 heterocycles. The lowest BCUT2D eigenvalue weighted by Crippen LogP contribution is -2.22. The van der Waals surface area contributed by atoms with Gasteiger partial charge in [0.15, 0.2) is 0 Å². The van der Waals surface area contributed by atoms with Gasteiger partial charge < -0.3 is 10.6 Å². The minimum atomic E-state index is -0.199. The third-order valence-electron chi connectivity index (χ3n) is 2.62. The first-order chi connectivity index (χ1) is 9.99. The van der Waals surface area contributed by atoms with Crippen LogP contribution in [0, 0.1) is 0 Å². The Kier molecular flexibility index (Phi) is 5.44. The molecule has 2 aromatic rings. The largest absolute Gasteiger partial charge is 0.381 e. The summed E-state index contributed by atoms with van der Waals surface area (Å²) in [5.74, 6) is 0.559. The summed E-state index contributed by atoms with van der Waals surface area (Å²) in [4.78, 5) is 15.8. The minimum Gasteiger partial charge on any atom is -0.381 e. The van der Waals surface area contributed by atoms with Gasteiger partial charge in [0.05, 0.1) is 21.9 Å². The Bertz CT molecular complexity index is 707. The second-order valence-corrected chi connectivity index (χ2v) is 5.78. The molecule has 0 aliphatic heterocycles. The van der Waals surface area contributed by atoms with Crippen LogP contribution in [-0.4, -0.2) is 27.9 Å². The van der Waals surface area contributed by atoms with E-state index in [1.165, 1.54) is 10.9 Å². The predicted molar refractivity (Wildman–Crippen MR) is 88.4 cm³/mol. The van der Waals surface area contributed by atoms with Crippen LogP contribution in [0.25, 0.3) is 0 Å². The van der Waals surface area contributed by atoms with Crippen LogP contribution in [-0.2, 0) is 7.05 Å². The smallest absolute Gasteiger partial charge is 0.282 e. The molecule has 0 saturated carbocycles. The van der Waals surface area contributed by atoms with Gasteiger partial charge in [-0.15, -0.1) is 0 Å². The van der Waals surface area contributed by atoms with E-state index in [1.807, 2.05) is 0 Å². The Morgan fingerprint density at radius 3 is 2.71 bits per heavy atom. The van der Waals surface area contributed by atoms with Crippen molar-refractivity contribution in [2.24, 2.45) is 7.05 Å². The molecule has 0 bridgehead atoms. The van der Waals surface area contributed by atoms with Crippen LogP contribution < -0.4 is 16.2 Å². The molecule has 0 unspecified atom stereocenters. The average Bonchev–Trinajstić information content (AvgIpc) is 2.45. The SMILES string of the molecule is Cn1ncc(NCCNc2ncc(Cl)cc2Cl)c(Br)c1=O. The van der Waals surface area contributed by atoms with Crippen molar-refractivity contribution in [3.63, 3.8) is 0 Å². The first-order valence-electron chi connectivity index (χ1n) is 5.99. The normalized spacial score (nSPS) is 10.5. The van der Waals surface area contributed by atoms with Crippen molar-refractivity contribution in [2.75, 3.05) is 23.7 Å². The van der Waals surface area contributed by atoms with E-state index in [0.29, 0.717) is 39.1 Å². The zero-order valence-electron chi connectivity index (χ0n) is 11.0. The van der Waals surface area contributed by atoms with Crippen LogP contribution in [0.4, 0.5) is 11.5 Å². The van der Waals surface area contributed by atoms with Gasteiger partial charge in [-0.25, -0.2) is 9.67 Å². The van der Waals surface area contributed by atoms with Gasteiger partial charge in [-0.3, -0.25) is 4.79 Å². The number of nitrogens with zero attached hydrogens (tertiary/aromatic N) is 3. The lowest BCUT2D eigenvalue weighted by Gasteiger charge is -2.10. The fourth-order valence-electron chi connectivity index (χ4n) is 1.56. The summed E-state index contributed by atoms with van der Waals surface area (Å²) in [5.41, 5.74) is 0.436. The van der Waals surface area contributed by atoms with E-state index < -0.39 is 0 Å². The molecule has 0 fully saturated rings. The second kappa shape index (κ2) is 7.11. The van der Waals surface area contributed by atoms with Gasteiger partial charge in [0.25, 0.3) is 5.56 Å². The summed E-state index contributed by atoms with van der Waals surface area (Å²) in [5, 5.41) is 11.1. The van der Waals surface area contributed by atoms with E-state index in [4.69, 9.17) is 23.2 Å². The molecular formula is C12H12BrCl2N5O. The van der Waals surface area contributed by atoms with Crippen LogP contribution >= 0.6 is 39.1 Å². The first-order valence-corrected chi connectivity index (χ1v) is 7.54. The highest BCUT2D eigenvalue weighted by Crippen LogP contribution is 2.22. The Balaban J connectivity index is 1.90. The van der Waals surface area contributed by atoms with Gasteiger partial charge in [-0.05, 0) is 22.0 Å². The van der Waals surface area contributed by atoms with Crippen molar-refractivity contribution in [3.05, 3.63) is 43.3 Å². The van der Waals surface area contributed by atoms with Gasteiger partial charge in [-0.2, -0.15) is 5.10 Å². The third kappa shape index (κ3) is 4.09. The zero-order chi connectivity index (χ0) is 15.4. The Hall–Kier alpha value is -1.31. The summed E-state index contributed by atoms with van der Waals surface area (Å²) < 4.78 is 1.70. The van der Waals surface area contributed by atoms with Crippen molar-refractivity contribution in [1.82, 2.24) is 14.8 Å². The number of halogens is 3.